The first kappa shape index (κ1) is 15.1. The Morgan fingerprint density at radius 2 is 2.23 bits per heavy atom. The van der Waals surface area contributed by atoms with E-state index in [1.54, 1.807) is 12.3 Å². The summed E-state index contributed by atoms with van der Waals surface area (Å²) in [5, 5.41) is 0. The fourth-order valence-corrected chi connectivity index (χ4v) is 3.59. The number of pyridine rings is 1. The summed E-state index contributed by atoms with van der Waals surface area (Å²) in [5.74, 6) is 0.0563. The van der Waals surface area contributed by atoms with Crippen molar-refractivity contribution in [1.29, 1.82) is 0 Å². The normalized spacial score (nSPS) is 17.8. The second-order valence-corrected chi connectivity index (χ2v) is 6.44. The van der Waals surface area contributed by atoms with Gasteiger partial charge < -0.3 is 9.14 Å². The number of ether oxygens (including phenoxy) is 1. The summed E-state index contributed by atoms with van der Waals surface area (Å²) in [4.78, 5) is 11.6. The van der Waals surface area contributed by atoms with Crippen LogP contribution < -0.4 is 0 Å². The van der Waals surface area contributed by atoms with E-state index in [0.717, 1.165) is 36.0 Å². The fourth-order valence-electron chi connectivity index (χ4n) is 3.59. The van der Waals surface area contributed by atoms with E-state index in [1.807, 2.05) is 4.40 Å². The van der Waals surface area contributed by atoms with E-state index in [4.69, 9.17) is 4.74 Å². The molecule has 22 heavy (non-hydrogen) atoms. The van der Waals surface area contributed by atoms with E-state index >= 15 is 0 Å². The average molecular weight is 303 g/mol. The van der Waals surface area contributed by atoms with Crippen LogP contribution in [0.2, 0.25) is 0 Å². The lowest BCUT2D eigenvalue weighted by Crippen LogP contribution is -2.14. The smallest absolute Gasteiger partial charge is 0.306 e. The van der Waals surface area contributed by atoms with Crippen molar-refractivity contribution < 1.29 is 13.9 Å². The average Bonchev–Trinajstić information content (AvgIpc) is 2.86. The fraction of sp³-hybridized carbons (Fsp3) is 0.500. The topological polar surface area (TPSA) is 30.7 Å². The number of hydrogen-bond donors (Lipinski definition) is 0. The molecule has 1 unspecified atom stereocenters. The number of fused-ring (bicyclic) bond motifs is 3. The Bertz CT molecular complexity index is 717. The van der Waals surface area contributed by atoms with Crippen LogP contribution in [0.4, 0.5) is 4.39 Å². The Kier molecular flexibility index (Phi) is 3.94. The van der Waals surface area contributed by atoms with Crippen molar-refractivity contribution in [2.24, 2.45) is 0 Å². The molecule has 0 saturated heterocycles. The molecule has 1 atom stereocenters. The maximum Gasteiger partial charge on any atom is 0.306 e. The lowest BCUT2D eigenvalue weighted by molar-refractivity contribution is -0.141. The molecule has 0 N–H and O–H groups in total. The quantitative estimate of drug-likeness (QED) is 0.796. The highest BCUT2D eigenvalue weighted by molar-refractivity contribution is 5.71. The van der Waals surface area contributed by atoms with E-state index in [-0.39, 0.29) is 23.6 Å². The second kappa shape index (κ2) is 5.75. The predicted octanol–water partition coefficient (Wildman–Crippen LogP) is 4.18. The van der Waals surface area contributed by atoms with Crippen molar-refractivity contribution in [2.45, 2.75) is 51.4 Å². The van der Waals surface area contributed by atoms with E-state index in [9.17, 15) is 9.18 Å². The van der Waals surface area contributed by atoms with Crippen molar-refractivity contribution in [3.05, 3.63) is 41.0 Å². The molecule has 0 bridgehead atoms. The predicted molar refractivity (Wildman–Crippen MR) is 83.8 cm³/mol. The zero-order chi connectivity index (χ0) is 15.9. The number of esters is 1. The van der Waals surface area contributed by atoms with Crippen molar-refractivity contribution in [3.8, 4) is 0 Å². The molecule has 0 amide bonds. The zero-order valence-corrected chi connectivity index (χ0v) is 13.4. The highest BCUT2D eigenvalue weighted by Crippen LogP contribution is 2.38. The molecule has 4 heteroatoms. The summed E-state index contributed by atoms with van der Waals surface area (Å²) >= 11 is 0. The first-order chi connectivity index (χ1) is 10.5. The molecule has 118 valence electrons. The second-order valence-electron chi connectivity index (χ2n) is 6.44. The Morgan fingerprint density at radius 1 is 1.45 bits per heavy atom. The lowest BCUT2D eigenvalue weighted by atomic mass is 9.84. The van der Waals surface area contributed by atoms with Crippen LogP contribution in [0.15, 0.2) is 18.3 Å². The Labute approximate surface area is 130 Å². The van der Waals surface area contributed by atoms with Crippen LogP contribution in [-0.2, 0) is 16.0 Å². The van der Waals surface area contributed by atoms with Crippen LogP contribution in [0.1, 0.15) is 61.8 Å². The molecule has 0 saturated carbocycles. The maximum absolute atomic E-state index is 14.0. The first-order valence-corrected chi connectivity index (χ1v) is 7.91. The van der Waals surface area contributed by atoms with Crippen molar-refractivity contribution in [3.63, 3.8) is 0 Å². The number of nitrogens with zero attached hydrogens (tertiary/aromatic N) is 1. The van der Waals surface area contributed by atoms with Gasteiger partial charge in [-0.15, -0.1) is 0 Å². The van der Waals surface area contributed by atoms with Crippen LogP contribution >= 0.6 is 0 Å². The van der Waals surface area contributed by atoms with Gasteiger partial charge in [-0.05, 0) is 54.4 Å². The number of rotatable bonds is 3. The van der Waals surface area contributed by atoms with Crippen LogP contribution in [0.25, 0.3) is 5.52 Å². The number of carbonyl (C=O) groups is 1. The Balaban J connectivity index is 2.14. The van der Waals surface area contributed by atoms with Gasteiger partial charge in [-0.2, -0.15) is 0 Å². The van der Waals surface area contributed by atoms with E-state index in [2.05, 4.69) is 19.9 Å². The molecule has 0 aliphatic heterocycles. The van der Waals surface area contributed by atoms with Gasteiger partial charge >= 0.3 is 5.97 Å². The van der Waals surface area contributed by atoms with Crippen molar-refractivity contribution in [1.82, 2.24) is 4.40 Å². The molecular formula is C18H22FNO2. The molecule has 0 fully saturated rings. The van der Waals surface area contributed by atoms with Crippen molar-refractivity contribution in [2.75, 3.05) is 7.11 Å². The van der Waals surface area contributed by atoms with Crippen LogP contribution in [0, 0.1) is 5.82 Å². The third-order valence-corrected chi connectivity index (χ3v) is 4.69. The standard InChI is InChI=1S/C18H22FNO2/c1-11(2)14-8-13(19)10-20-16-6-4-5-12(7-18(21)22-3)15(16)9-17(14)20/h8-12H,4-7H2,1-3H3. The molecule has 0 radical (unpaired) electrons. The number of hydrogen-bond acceptors (Lipinski definition) is 2. The number of carbonyl (C=O) groups excluding carboxylic acids is 1. The van der Waals surface area contributed by atoms with E-state index < -0.39 is 0 Å². The van der Waals surface area contributed by atoms with Crippen LogP contribution in [0.3, 0.4) is 0 Å². The largest absolute Gasteiger partial charge is 0.469 e. The van der Waals surface area contributed by atoms with Gasteiger partial charge in [-0.3, -0.25) is 4.79 Å². The van der Waals surface area contributed by atoms with Gasteiger partial charge in [0.15, 0.2) is 0 Å². The van der Waals surface area contributed by atoms with Gasteiger partial charge in [0, 0.05) is 17.4 Å². The molecule has 0 spiro atoms. The summed E-state index contributed by atoms with van der Waals surface area (Å²) in [6.45, 7) is 4.15. The molecule has 3 rings (SSSR count). The molecule has 2 aromatic rings. The number of halogens is 1. The third-order valence-electron chi connectivity index (χ3n) is 4.69. The van der Waals surface area contributed by atoms with E-state index in [1.165, 1.54) is 12.7 Å². The van der Waals surface area contributed by atoms with Gasteiger partial charge in [0.05, 0.1) is 13.5 Å². The summed E-state index contributed by atoms with van der Waals surface area (Å²) in [6.07, 6.45) is 4.91. The SMILES string of the molecule is COC(=O)CC1CCCc2c1cc1c(C(C)C)cc(F)cn21. The van der Waals surface area contributed by atoms with E-state index in [0.29, 0.717) is 6.42 Å². The molecule has 2 heterocycles. The van der Waals surface area contributed by atoms with Gasteiger partial charge in [0.25, 0.3) is 0 Å². The molecule has 1 aliphatic rings. The minimum atomic E-state index is -0.204. The maximum atomic E-state index is 14.0. The van der Waals surface area contributed by atoms with Gasteiger partial charge in [0.2, 0.25) is 0 Å². The molecule has 0 aromatic carbocycles. The monoisotopic (exact) mass is 303 g/mol. The summed E-state index contributed by atoms with van der Waals surface area (Å²) in [7, 11) is 1.43. The first-order valence-electron chi connectivity index (χ1n) is 7.91. The minimum Gasteiger partial charge on any atom is -0.469 e. The molecular weight excluding hydrogens is 281 g/mol. The summed E-state index contributed by atoms with van der Waals surface area (Å²) in [6, 6.07) is 3.78. The van der Waals surface area contributed by atoms with Gasteiger partial charge in [-0.1, -0.05) is 13.8 Å². The molecule has 1 aliphatic carbocycles. The lowest BCUT2D eigenvalue weighted by Gasteiger charge is -2.22. The van der Waals surface area contributed by atoms with Gasteiger partial charge in [-0.25, -0.2) is 4.39 Å². The minimum absolute atomic E-state index is 0.177. The third kappa shape index (κ3) is 2.51. The highest BCUT2D eigenvalue weighted by Gasteiger charge is 2.27. The van der Waals surface area contributed by atoms with Gasteiger partial charge in [0.1, 0.15) is 5.82 Å². The number of aryl methyl sites for hydroxylation is 1. The van der Waals surface area contributed by atoms with Crippen LogP contribution in [-0.4, -0.2) is 17.5 Å². The van der Waals surface area contributed by atoms with Crippen LogP contribution in [0.5, 0.6) is 0 Å². The summed E-state index contributed by atoms with van der Waals surface area (Å²) < 4.78 is 20.8. The highest BCUT2D eigenvalue weighted by atomic mass is 19.1. The molecule has 2 aromatic heterocycles. The number of methoxy groups -OCH3 is 1. The zero-order valence-electron chi connectivity index (χ0n) is 13.4. The molecule has 3 nitrogen and oxygen atoms in total. The number of aromatic nitrogens is 1. The summed E-state index contributed by atoms with van der Waals surface area (Å²) in [5.41, 5.74) is 4.42. The Morgan fingerprint density at radius 3 is 2.91 bits per heavy atom. The Hall–Kier alpha value is -1.84. The van der Waals surface area contributed by atoms with Crippen molar-refractivity contribution >= 4 is 11.5 Å².